The SMILES string of the molecule is CCNc1cc(C(C)(C)C)nc(C(CC)(CC)OCC)n1. The predicted molar refractivity (Wildman–Crippen MR) is 88.8 cm³/mol. The molecule has 0 fully saturated rings. The van der Waals surface area contributed by atoms with Gasteiger partial charge in [-0.3, -0.25) is 0 Å². The largest absolute Gasteiger partial charge is 0.370 e. The van der Waals surface area contributed by atoms with Crippen LogP contribution in [0.4, 0.5) is 5.82 Å². The Labute approximate surface area is 129 Å². The van der Waals surface area contributed by atoms with Gasteiger partial charge in [-0.05, 0) is 26.7 Å². The van der Waals surface area contributed by atoms with Crippen LogP contribution in [0.3, 0.4) is 0 Å². The van der Waals surface area contributed by atoms with E-state index in [4.69, 9.17) is 14.7 Å². The molecule has 1 aromatic rings. The highest BCUT2D eigenvalue weighted by Crippen LogP contribution is 2.33. The van der Waals surface area contributed by atoms with Crippen LogP contribution in [0.1, 0.15) is 72.8 Å². The zero-order valence-electron chi connectivity index (χ0n) is 14.7. The summed E-state index contributed by atoms with van der Waals surface area (Å²) in [6.45, 7) is 16.4. The lowest BCUT2D eigenvalue weighted by Crippen LogP contribution is -2.32. The molecule has 1 heterocycles. The van der Waals surface area contributed by atoms with Crippen LogP contribution in [0.25, 0.3) is 0 Å². The smallest absolute Gasteiger partial charge is 0.162 e. The first-order valence-electron chi connectivity index (χ1n) is 8.10. The number of nitrogens with one attached hydrogen (secondary N) is 1. The van der Waals surface area contributed by atoms with Crippen LogP contribution in [0.5, 0.6) is 0 Å². The second kappa shape index (κ2) is 7.21. The van der Waals surface area contributed by atoms with Gasteiger partial charge in [0.1, 0.15) is 11.4 Å². The molecule has 120 valence electrons. The van der Waals surface area contributed by atoms with E-state index in [1.54, 1.807) is 0 Å². The maximum absolute atomic E-state index is 6.06. The minimum atomic E-state index is -0.389. The monoisotopic (exact) mass is 293 g/mol. The van der Waals surface area contributed by atoms with Crippen LogP contribution in [0.15, 0.2) is 6.07 Å². The van der Waals surface area contributed by atoms with E-state index in [0.29, 0.717) is 6.61 Å². The fourth-order valence-corrected chi connectivity index (χ4v) is 2.42. The zero-order valence-corrected chi connectivity index (χ0v) is 14.7. The third kappa shape index (κ3) is 4.16. The summed E-state index contributed by atoms with van der Waals surface area (Å²) in [4.78, 5) is 9.57. The molecule has 1 N–H and O–H groups in total. The van der Waals surface area contributed by atoms with Crippen molar-refractivity contribution in [2.45, 2.75) is 72.3 Å². The molecule has 21 heavy (non-hydrogen) atoms. The van der Waals surface area contributed by atoms with Crippen molar-refractivity contribution in [1.82, 2.24) is 9.97 Å². The van der Waals surface area contributed by atoms with Crippen LogP contribution in [0.2, 0.25) is 0 Å². The van der Waals surface area contributed by atoms with Crippen LogP contribution in [-0.4, -0.2) is 23.1 Å². The molecule has 0 saturated carbocycles. The van der Waals surface area contributed by atoms with Gasteiger partial charge in [0, 0.05) is 24.6 Å². The van der Waals surface area contributed by atoms with E-state index in [-0.39, 0.29) is 11.0 Å². The quantitative estimate of drug-likeness (QED) is 0.816. The molecule has 0 spiro atoms. The van der Waals surface area contributed by atoms with Gasteiger partial charge in [0.05, 0.1) is 5.69 Å². The third-order valence-corrected chi connectivity index (χ3v) is 3.82. The molecule has 1 aromatic heterocycles. The predicted octanol–water partition coefficient (Wildman–Crippen LogP) is 4.26. The number of ether oxygens (including phenoxy) is 1. The van der Waals surface area contributed by atoms with Gasteiger partial charge in [0.25, 0.3) is 0 Å². The van der Waals surface area contributed by atoms with E-state index < -0.39 is 0 Å². The molecule has 0 saturated heterocycles. The molecular weight excluding hydrogens is 262 g/mol. The molecule has 0 aromatic carbocycles. The summed E-state index contributed by atoms with van der Waals surface area (Å²) < 4.78 is 6.06. The number of anilines is 1. The Morgan fingerprint density at radius 3 is 2.10 bits per heavy atom. The summed E-state index contributed by atoms with van der Waals surface area (Å²) in [5, 5.41) is 3.32. The fourth-order valence-electron chi connectivity index (χ4n) is 2.42. The molecule has 0 aliphatic carbocycles. The average Bonchev–Trinajstić information content (AvgIpc) is 2.44. The Hall–Kier alpha value is -1.16. The van der Waals surface area contributed by atoms with Crippen molar-refractivity contribution in [1.29, 1.82) is 0 Å². The number of nitrogens with zero attached hydrogens (tertiary/aromatic N) is 2. The molecule has 0 aliphatic rings. The third-order valence-electron chi connectivity index (χ3n) is 3.82. The maximum Gasteiger partial charge on any atom is 0.162 e. The number of rotatable bonds is 7. The molecule has 0 radical (unpaired) electrons. The van der Waals surface area contributed by atoms with E-state index in [1.807, 2.05) is 6.92 Å². The molecule has 4 heteroatoms. The van der Waals surface area contributed by atoms with E-state index in [2.05, 4.69) is 52.9 Å². The second-order valence-electron chi connectivity index (χ2n) is 6.38. The molecule has 0 bridgehead atoms. The second-order valence-corrected chi connectivity index (χ2v) is 6.38. The minimum absolute atomic E-state index is 0.0126. The average molecular weight is 293 g/mol. The van der Waals surface area contributed by atoms with Gasteiger partial charge in [0.2, 0.25) is 0 Å². The molecular formula is C17H31N3O. The Morgan fingerprint density at radius 2 is 1.67 bits per heavy atom. The highest BCUT2D eigenvalue weighted by molar-refractivity contribution is 5.38. The van der Waals surface area contributed by atoms with Gasteiger partial charge >= 0.3 is 0 Å². The van der Waals surface area contributed by atoms with Crippen molar-refractivity contribution in [3.63, 3.8) is 0 Å². The van der Waals surface area contributed by atoms with Gasteiger partial charge in [-0.15, -0.1) is 0 Å². The van der Waals surface area contributed by atoms with E-state index >= 15 is 0 Å². The van der Waals surface area contributed by atoms with Crippen LogP contribution in [-0.2, 0) is 15.8 Å². The summed E-state index contributed by atoms with van der Waals surface area (Å²) in [6.07, 6.45) is 1.74. The van der Waals surface area contributed by atoms with Gasteiger partial charge in [-0.2, -0.15) is 0 Å². The zero-order chi connectivity index (χ0) is 16.1. The summed E-state index contributed by atoms with van der Waals surface area (Å²) in [5.41, 5.74) is 0.649. The van der Waals surface area contributed by atoms with Crippen LogP contribution in [0, 0.1) is 0 Å². The van der Waals surface area contributed by atoms with Crippen molar-refractivity contribution < 1.29 is 4.74 Å². The highest BCUT2D eigenvalue weighted by Gasteiger charge is 2.34. The highest BCUT2D eigenvalue weighted by atomic mass is 16.5. The number of aromatic nitrogens is 2. The molecule has 4 nitrogen and oxygen atoms in total. The van der Waals surface area contributed by atoms with Crippen molar-refractivity contribution >= 4 is 5.82 Å². The van der Waals surface area contributed by atoms with Crippen molar-refractivity contribution in [2.24, 2.45) is 0 Å². The molecule has 0 amide bonds. The minimum Gasteiger partial charge on any atom is -0.370 e. The Kier molecular flexibility index (Phi) is 6.14. The van der Waals surface area contributed by atoms with Gasteiger partial charge in [-0.1, -0.05) is 34.6 Å². The fraction of sp³-hybridized carbons (Fsp3) is 0.765. The lowest BCUT2D eigenvalue weighted by atomic mass is 9.90. The number of hydrogen-bond donors (Lipinski definition) is 1. The summed E-state index contributed by atoms with van der Waals surface area (Å²) in [7, 11) is 0. The van der Waals surface area contributed by atoms with Gasteiger partial charge in [-0.25, -0.2) is 9.97 Å². The molecule has 0 aliphatic heterocycles. The Bertz CT molecular complexity index is 448. The van der Waals surface area contributed by atoms with E-state index in [0.717, 1.165) is 36.7 Å². The first-order valence-corrected chi connectivity index (χ1v) is 8.10. The summed E-state index contributed by atoms with van der Waals surface area (Å²) in [5.74, 6) is 1.69. The van der Waals surface area contributed by atoms with Crippen molar-refractivity contribution in [3.8, 4) is 0 Å². The molecule has 0 atom stereocenters. The van der Waals surface area contributed by atoms with Crippen molar-refractivity contribution in [2.75, 3.05) is 18.5 Å². The van der Waals surface area contributed by atoms with Crippen LogP contribution >= 0.6 is 0 Å². The Balaban J connectivity index is 3.41. The molecule has 0 unspecified atom stereocenters. The lowest BCUT2D eigenvalue weighted by molar-refractivity contribution is -0.0572. The van der Waals surface area contributed by atoms with E-state index in [1.165, 1.54) is 0 Å². The summed E-state index contributed by atoms with van der Waals surface area (Å²) in [6, 6.07) is 2.05. The Morgan fingerprint density at radius 1 is 1.05 bits per heavy atom. The normalized spacial score (nSPS) is 12.5. The van der Waals surface area contributed by atoms with Gasteiger partial charge in [0.15, 0.2) is 5.82 Å². The standard InChI is InChI=1S/C17H31N3O/c1-8-17(9-2,21-11-4)15-19-13(16(5,6)7)12-14(20-15)18-10-3/h12H,8-11H2,1-7H3,(H,18,19,20). The van der Waals surface area contributed by atoms with Crippen molar-refractivity contribution in [3.05, 3.63) is 17.6 Å². The lowest BCUT2D eigenvalue weighted by Gasteiger charge is -2.31. The topological polar surface area (TPSA) is 47.0 Å². The number of hydrogen-bond acceptors (Lipinski definition) is 4. The molecule has 1 rings (SSSR count). The van der Waals surface area contributed by atoms with E-state index in [9.17, 15) is 0 Å². The van der Waals surface area contributed by atoms with Crippen LogP contribution < -0.4 is 5.32 Å². The maximum atomic E-state index is 6.06. The van der Waals surface area contributed by atoms with Gasteiger partial charge < -0.3 is 10.1 Å². The first kappa shape index (κ1) is 17.9. The first-order chi connectivity index (χ1) is 9.82. The summed E-state index contributed by atoms with van der Waals surface area (Å²) >= 11 is 0.